The van der Waals surface area contributed by atoms with Gasteiger partial charge in [0.15, 0.2) is 5.13 Å². The zero-order chi connectivity index (χ0) is 14.2. The standard InChI is InChI=1S/C13H17N3O3S/c17-10(18)13(5-2-6-13)7-14-11(19)16-12-15-8-3-1-4-9(8)20-12/h1-7H2,(H,17,18)(H2,14,15,16,19). The average molecular weight is 295 g/mol. The molecule has 108 valence electrons. The molecule has 20 heavy (non-hydrogen) atoms. The van der Waals surface area contributed by atoms with Crippen molar-refractivity contribution in [1.82, 2.24) is 10.3 Å². The van der Waals surface area contributed by atoms with Crippen molar-refractivity contribution in [1.29, 1.82) is 0 Å². The van der Waals surface area contributed by atoms with E-state index < -0.39 is 11.4 Å². The van der Waals surface area contributed by atoms with Crippen LogP contribution in [0.4, 0.5) is 9.93 Å². The first kappa shape index (κ1) is 13.4. The molecule has 6 nitrogen and oxygen atoms in total. The number of amides is 2. The molecule has 0 aromatic carbocycles. The average Bonchev–Trinajstić information content (AvgIpc) is 2.87. The van der Waals surface area contributed by atoms with Crippen molar-refractivity contribution in [3.05, 3.63) is 10.6 Å². The molecule has 0 spiro atoms. The van der Waals surface area contributed by atoms with Crippen LogP contribution in [-0.4, -0.2) is 28.6 Å². The van der Waals surface area contributed by atoms with E-state index in [2.05, 4.69) is 15.6 Å². The third kappa shape index (κ3) is 2.37. The highest BCUT2D eigenvalue weighted by Crippen LogP contribution is 2.40. The second-order valence-corrected chi connectivity index (χ2v) is 6.57. The molecule has 3 N–H and O–H groups in total. The van der Waals surface area contributed by atoms with Gasteiger partial charge in [0.2, 0.25) is 0 Å². The Morgan fingerprint density at radius 1 is 1.30 bits per heavy atom. The molecular formula is C13H17N3O3S. The van der Waals surface area contributed by atoms with Crippen LogP contribution in [0.1, 0.15) is 36.3 Å². The van der Waals surface area contributed by atoms with Gasteiger partial charge < -0.3 is 10.4 Å². The number of carbonyl (C=O) groups is 2. The number of anilines is 1. The molecule has 0 aliphatic heterocycles. The number of aliphatic carboxylic acids is 1. The van der Waals surface area contributed by atoms with Gasteiger partial charge in [-0.2, -0.15) is 0 Å². The van der Waals surface area contributed by atoms with Crippen LogP contribution in [0.3, 0.4) is 0 Å². The summed E-state index contributed by atoms with van der Waals surface area (Å²) >= 11 is 1.51. The molecule has 1 fully saturated rings. The fourth-order valence-corrected chi connectivity index (χ4v) is 3.75. The Balaban J connectivity index is 1.53. The van der Waals surface area contributed by atoms with Gasteiger partial charge in [-0.25, -0.2) is 9.78 Å². The molecule has 3 rings (SSSR count). The summed E-state index contributed by atoms with van der Waals surface area (Å²) in [4.78, 5) is 28.6. The summed E-state index contributed by atoms with van der Waals surface area (Å²) in [6, 6.07) is -0.370. The van der Waals surface area contributed by atoms with Crippen molar-refractivity contribution in [3.8, 4) is 0 Å². The lowest BCUT2D eigenvalue weighted by molar-refractivity contribution is -0.153. The van der Waals surface area contributed by atoms with Gasteiger partial charge in [-0.3, -0.25) is 10.1 Å². The number of fused-ring (bicyclic) bond motifs is 1. The molecule has 0 bridgehead atoms. The van der Waals surface area contributed by atoms with Crippen molar-refractivity contribution < 1.29 is 14.7 Å². The minimum absolute atomic E-state index is 0.180. The molecule has 2 aliphatic carbocycles. The maximum atomic E-state index is 11.8. The highest BCUT2D eigenvalue weighted by molar-refractivity contribution is 7.15. The smallest absolute Gasteiger partial charge is 0.321 e. The van der Waals surface area contributed by atoms with Crippen LogP contribution in [0.5, 0.6) is 0 Å². The van der Waals surface area contributed by atoms with Gasteiger partial charge in [0.1, 0.15) is 0 Å². The van der Waals surface area contributed by atoms with E-state index in [1.165, 1.54) is 16.2 Å². The molecule has 0 unspecified atom stereocenters. The summed E-state index contributed by atoms with van der Waals surface area (Å²) in [6.07, 6.45) is 5.34. The van der Waals surface area contributed by atoms with Crippen LogP contribution in [0, 0.1) is 5.41 Å². The maximum Gasteiger partial charge on any atom is 0.321 e. The monoisotopic (exact) mass is 295 g/mol. The number of thiazole rings is 1. The summed E-state index contributed by atoms with van der Waals surface area (Å²) in [5.41, 5.74) is 0.327. The fraction of sp³-hybridized carbons (Fsp3) is 0.615. The zero-order valence-electron chi connectivity index (χ0n) is 11.1. The van der Waals surface area contributed by atoms with E-state index in [1.54, 1.807) is 0 Å². The van der Waals surface area contributed by atoms with E-state index >= 15 is 0 Å². The molecule has 1 heterocycles. The van der Waals surface area contributed by atoms with Crippen molar-refractivity contribution in [2.75, 3.05) is 11.9 Å². The molecule has 1 saturated carbocycles. The first-order valence-corrected chi connectivity index (χ1v) is 7.68. The van der Waals surface area contributed by atoms with Crippen molar-refractivity contribution in [2.45, 2.75) is 38.5 Å². The molecular weight excluding hydrogens is 278 g/mol. The maximum absolute atomic E-state index is 11.8. The summed E-state index contributed by atoms with van der Waals surface area (Å²) in [5.74, 6) is -0.822. The van der Waals surface area contributed by atoms with Crippen molar-refractivity contribution in [2.24, 2.45) is 5.41 Å². The first-order valence-electron chi connectivity index (χ1n) is 6.86. The van der Waals surface area contributed by atoms with E-state index in [0.29, 0.717) is 18.0 Å². The lowest BCUT2D eigenvalue weighted by atomic mass is 9.69. The van der Waals surface area contributed by atoms with Crippen molar-refractivity contribution >= 4 is 28.5 Å². The number of hydrogen-bond donors (Lipinski definition) is 3. The Bertz CT molecular complexity index is 530. The molecule has 2 amide bonds. The van der Waals surface area contributed by atoms with Crippen molar-refractivity contribution in [3.63, 3.8) is 0 Å². The topological polar surface area (TPSA) is 91.3 Å². The highest BCUT2D eigenvalue weighted by Gasteiger charge is 2.44. The second kappa shape index (κ2) is 5.05. The normalized spacial score (nSPS) is 19.0. The number of urea groups is 1. The predicted molar refractivity (Wildman–Crippen MR) is 75.1 cm³/mol. The van der Waals surface area contributed by atoms with Crippen LogP contribution in [0.15, 0.2) is 0 Å². The van der Waals surface area contributed by atoms with Gasteiger partial charge in [0.05, 0.1) is 11.1 Å². The fourth-order valence-electron chi connectivity index (χ4n) is 2.70. The summed E-state index contributed by atoms with van der Waals surface area (Å²) in [6.45, 7) is 0.180. The largest absolute Gasteiger partial charge is 0.481 e. The zero-order valence-corrected chi connectivity index (χ0v) is 11.9. The third-order valence-corrected chi connectivity index (χ3v) is 5.24. The van der Waals surface area contributed by atoms with E-state index in [9.17, 15) is 14.7 Å². The molecule has 1 aromatic heterocycles. The summed E-state index contributed by atoms with van der Waals surface area (Å²) < 4.78 is 0. The number of aromatic nitrogens is 1. The Morgan fingerprint density at radius 2 is 2.10 bits per heavy atom. The Labute approximate surface area is 120 Å². The summed E-state index contributed by atoms with van der Waals surface area (Å²) in [5, 5.41) is 15.1. The number of carboxylic acids is 1. The number of hydrogen-bond acceptors (Lipinski definition) is 4. The van der Waals surface area contributed by atoms with Gasteiger partial charge >= 0.3 is 12.0 Å². The number of nitrogens with one attached hydrogen (secondary N) is 2. The molecule has 0 atom stereocenters. The van der Waals surface area contributed by atoms with Gasteiger partial charge in [-0.15, -0.1) is 11.3 Å². The van der Waals surface area contributed by atoms with E-state index in [4.69, 9.17) is 0 Å². The number of aryl methyl sites for hydroxylation is 2. The SMILES string of the molecule is O=C(NCC1(C(=O)O)CCC1)Nc1nc2c(s1)CCC2. The molecule has 2 aliphatic rings. The molecule has 1 aromatic rings. The van der Waals surface area contributed by atoms with Gasteiger partial charge in [-0.05, 0) is 32.1 Å². The first-order chi connectivity index (χ1) is 9.59. The minimum atomic E-state index is -0.822. The lowest BCUT2D eigenvalue weighted by Gasteiger charge is -2.37. The quantitative estimate of drug-likeness (QED) is 0.792. The van der Waals surface area contributed by atoms with Crippen LogP contribution < -0.4 is 10.6 Å². The minimum Gasteiger partial charge on any atom is -0.481 e. The van der Waals surface area contributed by atoms with Gasteiger partial charge in [0.25, 0.3) is 0 Å². The van der Waals surface area contributed by atoms with Crippen LogP contribution in [0.25, 0.3) is 0 Å². The molecule has 7 heteroatoms. The Hall–Kier alpha value is -1.63. The Kier molecular flexibility index (Phi) is 3.37. The lowest BCUT2D eigenvalue weighted by Crippen LogP contribution is -2.48. The number of carbonyl (C=O) groups excluding carboxylic acids is 1. The van der Waals surface area contributed by atoms with Crippen LogP contribution >= 0.6 is 11.3 Å². The summed E-state index contributed by atoms with van der Waals surface area (Å²) in [7, 11) is 0. The number of rotatable bonds is 4. The van der Waals surface area contributed by atoms with E-state index in [1.807, 2.05) is 0 Å². The third-order valence-electron chi connectivity index (χ3n) is 4.17. The Morgan fingerprint density at radius 3 is 2.70 bits per heavy atom. The second-order valence-electron chi connectivity index (χ2n) is 5.49. The van der Waals surface area contributed by atoms with Crippen LogP contribution in [0.2, 0.25) is 0 Å². The van der Waals surface area contributed by atoms with Gasteiger partial charge in [-0.1, -0.05) is 6.42 Å². The molecule has 0 saturated heterocycles. The number of nitrogens with zero attached hydrogens (tertiary/aromatic N) is 1. The predicted octanol–water partition coefficient (Wildman–Crippen LogP) is 2.01. The number of carboxylic acid groups (broad SMARTS) is 1. The van der Waals surface area contributed by atoms with Crippen LogP contribution in [-0.2, 0) is 17.6 Å². The van der Waals surface area contributed by atoms with E-state index in [-0.39, 0.29) is 12.6 Å². The van der Waals surface area contributed by atoms with Gasteiger partial charge in [0, 0.05) is 11.4 Å². The van der Waals surface area contributed by atoms with E-state index in [0.717, 1.165) is 31.4 Å². The highest BCUT2D eigenvalue weighted by atomic mass is 32.1. The molecule has 0 radical (unpaired) electrons.